The number of amides is 1. The van der Waals surface area contributed by atoms with E-state index in [2.05, 4.69) is 5.32 Å². The number of carbonyl (C=O) groups is 2. The van der Waals surface area contributed by atoms with Gasteiger partial charge in [-0.1, -0.05) is 35.3 Å². The van der Waals surface area contributed by atoms with E-state index in [0.717, 1.165) is 5.56 Å². The van der Waals surface area contributed by atoms with E-state index in [-0.39, 0.29) is 11.9 Å². The van der Waals surface area contributed by atoms with Crippen LogP contribution in [-0.4, -0.2) is 31.6 Å². The highest BCUT2D eigenvalue weighted by atomic mass is 35.5. The smallest absolute Gasteiger partial charge is 0.313 e. The van der Waals surface area contributed by atoms with E-state index < -0.39 is 5.92 Å². The molecule has 0 aliphatic carbocycles. The number of rotatable bonds is 8. The minimum atomic E-state index is -0.415. The summed E-state index contributed by atoms with van der Waals surface area (Å²) in [7, 11) is 0. The number of carbonyl (C=O) groups excluding carboxylic acids is 2. The Morgan fingerprint density at radius 2 is 1.89 bits per heavy atom. The molecule has 0 bridgehead atoms. The topological polar surface area (TPSA) is 73.9 Å². The molecule has 35 heavy (non-hydrogen) atoms. The molecule has 1 unspecified atom stereocenters. The third kappa shape index (κ3) is 6.27. The van der Waals surface area contributed by atoms with Crippen LogP contribution in [0.15, 0.2) is 60.7 Å². The first-order valence-electron chi connectivity index (χ1n) is 11.4. The molecule has 0 aromatic heterocycles. The lowest BCUT2D eigenvalue weighted by Crippen LogP contribution is -2.25. The van der Waals surface area contributed by atoms with Gasteiger partial charge in [0.05, 0.1) is 24.2 Å². The van der Waals surface area contributed by atoms with Crippen LogP contribution in [0.4, 0.5) is 0 Å². The van der Waals surface area contributed by atoms with E-state index >= 15 is 0 Å². The Kier molecular flexibility index (Phi) is 8.16. The number of hydrogen-bond donors (Lipinski definition) is 1. The Morgan fingerprint density at radius 1 is 1.09 bits per heavy atom. The second-order valence-electron chi connectivity index (χ2n) is 8.02. The zero-order valence-electron chi connectivity index (χ0n) is 19.2. The van der Waals surface area contributed by atoms with Gasteiger partial charge in [0, 0.05) is 28.8 Å². The fourth-order valence-electron chi connectivity index (χ4n) is 3.87. The second kappa shape index (κ2) is 11.5. The number of nitrogens with one attached hydrogen (secondary N) is 1. The predicted octanol–water partition coefficient (Wildman–Crippen LogP) is 6.19. The summed E-state index contributed by atoms with van der Waals surface area (Å²) >= 11 is 12.4. The van der Waals surface area contributed by atoms with Crippen molar-refractivity contribution in [2.45, 2.75) is 25.7 Å². The van der Waals surface area contributed by atoms with Crippen molar-refractivity contribution in [3.8, 4) is 17.2 Å². The number of benzene rings is 3. The van der Waals surface area contributed by atoms with Gasteiger partial charge in [0.1, 0.15) is 17.2 Å². The van der Waals surface area contributed by atoms with Gasteiger partial charge in [0.25, 0.3) is 5.91 Å². The molecule has 1 amide bonds. The summed E-state index contributed by atoms with van der Waals surface area (Å²) in [5.41, 5.74) is 2.26. The summed E-state index contributed by atoms with van der Waals surface area (Å²) < 4.78 is 16.8. The molecular formula is C27H25Cl2NO5. The summed E-state index contributed by atoms with van der Waals surface area (Å²) in [6, 6.07) is 17.7. The van der Waals surface area contributed by atoms with E-state index in [0.29, 0.717) is 71.0 Å². The predicted molar refractivity (Wildman–Crippen MR) is 135 cm³/mol. The average molecular weight is 514 g/mol. The molecule has 0 fully saturated rings. The molecule has 8 heteroatoms. The van der Waals surface area contributed by atoms with Crippen LogP contribution in [0.2, 0.25) is 10.0 Å². The van der Waals surface area contributed by atoms with Crippen LogP contribution in [0.5, 0.6) is 17.2 Å². The monoisotopic (exact) mass is 513 g/mol. The molecule has 1 heterocycles. The second-order valence-corrected chi connectivity index (χ2v) is 8.87. The summed E-state index contributed by atoms with van der Waals surface area (Å²) in [5, 5.41) is 3.93. The van der Waals surface area contributed by atoms with Gasteiger partial charge in [0.15, 0.2) is 0 Å². The minimum Gasteiger partial charge on any atom is -0.493 e. The molecule has 1 aliphatic rings. The van der Waals surface area contributed by atoms with E-state index in [4.69, 9.17) is 37.4 Å². The Labute approximate surface area is 214 Å². The molecule has 3 aromatic rings. The van der Waals surface area contributed by atoms with Crippen molar-refractivity contribution in [3.05, 3.63) is 87.4 Å². The maximum absolute atomic E-state index is 12.5. The zero-order valence-corrected chi connectivity index (χ0v) is 20.7. The largest absolute Gasteiger partial charge is 0.493 e. The van der Waals surface area contributed by atoms with Crippen molar-refractivity contribution in [2.24, 2.45) is 0 Å². The van der Waals surface area contributed by atoms with Gasteiger partial charge in [-0.25, -0.2) is 0 Å². The van der Waals surface area contributed by atoms with Crippen LogP contribution in [0, 0.1) is 0 Å². The average Bonchev–Trinajstić information content (AvgIpc) is 2.85. The quantitative estimate of drug-likeness (QED) is 0.363. The molecule has 6 nitrogen and oxygen atoms in total. The zero-order chi connectivity index (χ0) is 24.8. The first kappa shape index (κ1) is 24.9. The van der Waals surface area contributed by atoms with Gasteiger partial charge in [-0.15, -0.1) is 0 Å². The fourth-order valence-corrected chi connectivity index (χ4v) is 4.30. The third-order valence-electron chi connectivity index (χ3n) is 5.61. The lowest BCUT2D eigenvalue weighted by atomic mass is 9.93. The number of hydrogen-bond acceptors (Lipinski definition) is 5. The Hall–Kier alpha value is -3.22. The van der Waals surface area contributed by atoms with Crippen molar-refractivity contribution in [1.29, 1.82) is 0 Å². The summed E-state index contributed by atoms with van der Waals surface area (Å²) in [5.74, 6) is 0.576. The molecule has 1 aliphatic heterocycles. The molecule has 0 radical (unpaired) electrons. The normalized spacial score (nSPS) is 14.4. The van der Waals surface area contributed by atoms with E-state index in [1.54, 1.807) is 43.3 Å². The molecule has 1 N–H and O–H groups in total. The molecule has 4 rings (SSSR count). The highest BCUT2D eigenvalue weighted by molar-refractivity contribution is 6.32. The van der Waals surface area contributed by atoms with Gasteiger partial charge < -0.3 is 19.5 Å². The van der Waals surface area contributed by atoms with Gasteiger partial charge in [-0.05, 0) is 67.8 Å². The van der Waals surface area contributed by atoms with E-state index in [1.807, 2.05) is 24.3 Å². The SMILES string of the molecule is CCOC(=O)C1CCOc2cc(Oc3ccc(C(=O)NCCc4cccc(Cl)c4)cc3)c(Cl)cc21. The highest BCUT2D eigenvalue weighted by Gasteiger charge is 2.30. The first-order chi connectivity index (χ1) is 16.9. The molecule has 1 atom stereocenters. The Bertz CT molecular complexity index is 1210. The molecule has 0 spiro atoms. The summed E-state index contributed by atoms with van der Waals surface area (Å²) in [6.07, 6.45) is 1.22. The standard InChI is InChI=1S/C27H25Cl2NO5/c1-2-33-27(32)21-11-13-34-24-16-25(23(29)15-22(21)24)35-20-8-6-18(7-9-20)26(31)30-12-10-17-4-3-5-19(28)14-17/h3-9,14-16,21H,2,10-13H2,1H3,(H,30,31). The van der Waals surface area contributed by atoms with Crippen LogP contribution >= 0.6 is 23.2 Å². The van der Waals surface area contributed by atoms with Crippen molar-refractivity contribution >= 4 is 35.1 Å². The van der Waals surface area contributed by atoms with Crippen LogP contribution in [0.25, 0.3) is 0 Å². The van der Waals surface area contributed by atoms with Crippen LogP contribution in [0.1, 0.15) is 40.7 Å². The number of ether oxygens (including phenoxy) is 3. The lowest BCUT2D eigenvalue weighted by Gasteiger charge is -2.25. The van der Waals surface area contributed by atoms with Crippen molar-refractivity contribution in [1.82, 2.24) is 5.32 Å². The van der Waals surface area contributed by atoms with Gasteiger partial charge in [-0.3, -0.25) is 9.59 Å². The van der Waals surface area contributed by atoms with E-state index in [1.165, 1.54) is 0 Å². The Balaban J connectivity index is 1.38. The lowest BCUT2D eigenvalue weighted by molar-refractivity contribution is -0.145. The summed E-state index contributed by atoms with van der Waals surface area (Å²) in [6.45, 7) is 2.99. The maximum Gasteiger partial charge on any atom is 0.313 e. The van der Waals surface area contributed by atoms with Crippen molar-refractivity contribution in [2.75, 3.05) is 19.8 Å². The van der Waals surface area contributed by atoms with Crippen LogP contribution in [0.3, 0.4) is 0 Å². The molecule has 3 aromatic carbocycles. The van der Waals surface area contributed by atoms with Gasteiger partial charge in [0.2, 0.25) is 0 Å². The molecular weight excluding hydrogens is 489 g/mol. The Morgan fingerprint density at radius 3 is 2.63 bits per heavy atom. The highest BCUT2D eigenvalue weighted by Crippen LogP contribution is 2.42. The summed E-state index contributed by atoms with van der Waals surface area (Å²) in [4.78, 5) is 24.8. The van der Waals surface area contributed by atoms with Crippen molar-refractivity contribution < 1.29 is 23.8 Å². The van der Waals surface area contributed by atoms with Crippen molar-refractivity contribution in [3.63, 3.8) is 0 Å². The van der Waals surface area contributed by atoms with Gasteiger partial charge >= 0.3 is 5.97 Å². The molecule has 0 saturated heterocycles. The number of fused-ring (bicyclic) bond motifs is 1. The third-order valence-corrected chi connectivity index (χ3v) is 6.14. The van der Waals surface area contributed by atoms with Crippen LogP contribution in [-0.2, 0) is 16.0 Å². The molecule has 0 saturated carbocycles. The first-order valence-corrected chi connectivity index (χ1v) is 12.1. The van der Waals surface area contributed by atoms with E-state index in [9.17, 15) is 9.59 Å². The van der Waals surface area contributed by atoms with Gasteiger partial charge in [-0.2, -0.15) is 0 Å². The minimum absolute atomic E-state index is 0.177. The number of halogens is 2. The fraction of sp³-hybridized carbons (Fsp3) is 0.259. The maximum atomic E-state index is 12.5. The molecule has 182 valence electrons. The van der Waals surface area contributed by atoms with Crippen LogP contribution < -0.4 is 14.8 Å². The number of esters is 1.